The maximum Gasteiger partial charge on any atom is 0.340 e. The van der Waals surface area contributed by atoms with E-state index in [1.54, 1.807) is 19.1 Å². The highest BCUT2D eigenvalue weighted by Gasteiger charge is 2.19. The Kier molecular flexibility index (Phi) is 5.18. The van der Waals surface area contributed by atoms with E-state index >= 15 is 0 Å². The van der Waals surface area contributed by atoms with Crippen LogP contribution in [-0.2, 0) is 11.3 Å². The second kappa shape index (κ2) is 7.55. The number of aromatic nitrogens is 1. The van der Waals surface area contributed by atoms with Crippen molar-refractivity contribution in [2.24, 2.45) is 0 Å². The number of carbonyl (C=O) groups excluding carboxylic acids is 1. The highest BCUT2D eigenvalue weighted by Crippen LogP contribution is 2.27. The van der Waals surface area contributed by atoms with Crippen molar-refractivity contribution in [2.45, 2.75) is 13.5 Å². The second-order valence-corrected chi connectivity index (χ2v) is 5.99. The minimum Gasteiger partial charge on any atom is -0.455 e. The zero-order valence-corrected chi connectivity index (χ0v) is 14.7. The van der Waals surface area contributed by atoms with Gasteiger partial charge in [-0.1, -0.05) is 16.8 Å². The highest BCUT2D eigenvalue weighted by atomic mass is 35.5. The van der Waals surface area contributed by atoms with E-state index in [1.807, 2.05) is 0 Å². The summed E-state index contributed by atoms with van der Waals surface area (Å²) in [4.78, 5) is 22.3. The van der Waals surface area contributed by atoms with E-state index in [2.05, 4.69) is 5.16 Å². The molecule has 138 valence electrons. The van der Waals surface area contributed by atoms with E-state index in [-0.39, 0.29) is 28.7 Å². The van der Waals surface area contributed by atoms with Gasteiger partial charge < -0.3 is 9.26 Å². The molecule has 0 saturated heterocycles. The molecule has 7 nitrogen and oxygen atoms in total. The quantitative estimate of drug-likeness (QED) is 0.355. The molecule has 0 fully saturated rings. The fourth-order valence-electron chi connectivity index (χ4n) is 2.37. The first-order valence-electron chi connectivity index (χ1n) is 7.69. The average Bonchev–Trinajstić information content (AvgIpc) is 3.01. The van der Waals surface area contributed by atoms with Gasteiger partial charge in [0.2, 0.25) is 0 Å². The molecule has 0 aliphatic rings. The largest absolute Gasteiger partial charge is 0.455 e. The molecule has 1 aromatic heterocycles. The molecule has 3 aromatic rings. The van der Waals surface area contributed by atoms with Gasteiger partial charge in [0.25, 0.3) is 5.69 Å². The number of benzene rings is 2. The fourth-order valence-corrected chi connectivity index (χ4v) is 2.62. The van der Waals surface area contributed by atoms with Crippen molar-refractivity contribution in [3.05, 3.63) is 80.2 Å². The van der Waals surface area contributed by atoms with Gasteiger partial charge in [0.15, 0.2) is 5.76 Å². The van der Waals surface area contributed by atoms with E-state index in [0.29, 0.717) is 22.6 Å². The molecule has 0 aliphatic heterocycles. The summed E-state index contributed by atoms with van der Waals surface area (Å²) >= 11 is 5.91. The lowest BCUT2D eigenvalue weighted by molar-refractivity contribution is -0.384. The number of ether oxygens (including phenoxy) is 1. The molecular formula is C18H12ClFN2O5. The standard InChI is InChI=1S/C18H12ClFN2O5/c1-10-16(21-27-17(10)11-2-4-12(20)5-3-11)9-26-18(23)14-7-6-13(22(24)25)8-15(14)19/h2-8H,9H2,1H3. The molecule has 27 heavy (non-hydrogen) atoms. The number of rotatable bonds is 5. The van der Waals surface area contributed by atoms with Crippen LogP contribution in [0.5, 0.6) is 0 Å². The average molecular weight is 391 g/mol. The Morgan fingerprint density at radius 1 is 1.30 bits per heavy atom. The fraction of sp³-hybridized carbons (Fsp3) is 0.111. The van der Waals surface area contributed by atoms with E-state index in [9.17, 15) is 19.3 Å². The predicted octanol–water partition coefficient (Wildman–Crippen LogP) is 4.71. The van der Waals surface area contributed by atoms with Crippen molar-refractivity contribution in [3.63, 3.8) is 0 Å². The zero-order valence-electron chi connectivity index (χ0n) is 13.9. The number of halogens is 2. The number of non-ortho nitro benzene ring substituents is 1. The third kappa shape index (κ3) is 3.95. The molecule has 0 atom stereocenters. The Labute approximate surface area is 157 Å². The summed E-state index contributed by atoms with van der Waals surface area (Å²) in [6, 6.07) is 9.16. The van der Waals surface area contributed by atoms with Crippen molar-refractivity contribution in [1.82, 2.24) is 5.16 Å². The minimum atomic E-state index is -0.749. The van der Waals surface area contributed by atoms with Gasteiger partial charge in [0.1, 0.15) is 18.1 Å². The minimum absolute atomic E-state index is 0.00201. The molecule has 9 heteroatoms. The molecular weight excluding hydrogens is 379 g/mol. The molecule has 2 aromatic carbocycles. The topological polar surface area (TPSA) is 95.5 Å². The van der Waals surface area contributed by atoms with Crippen LogP contribution in [0.15, 0.2) is 47.0 Å². The summed E-state index contributed by atoms with van der Waals surface area (Å²) in [5.41, 5.74) is 1.44. The van der Waals surface area contributed by atoms with Crippen molar-refractivity contribution in [1.29, 1.82) is 0 Å². The van der Waals surface area contributed by atoms with E-state index in [4.69, 9.17) is 20.9 Å². The maximum absolute atomic E-state index is 13.0. The lowest BCUT2D eigenvalue weighted by Gasteiger charge is -2.05. The van der Waals surface area contributed by atoms with Crippen LogP contribution in [0.1, 0.15) is 21.6 Å². The van der Waals surface area contributed by atoms with Crippen LogP contribution in [0.25, 0.3) is 11.3 Å². The van der Waals surface area contributed by atoms with Gasteiger partial charge in [-0.05, 0) is 37.3 Å². The van der Waals surface area contributed by atoms with Crippen molar-refractivity contribution in [2.75, 3.05) is 0 Å². The first-order chi connectivity index (χ1) is 12.9. The van der Waals surface area contributed by atoms with Gasteiger partial charge in [0, 0.05) is 23.3 Å². The lowest BCUT2D eigenvalue weighted by atomic mass is 10.1. The van der Waals surface area contributed by atoms with Crippen LogP contribution < -0.4 is 0 Å². The van der Waals surface area contributed by atoms with Gasteiger partial charge in [-0.3, -0.25) is 10.1 Å². The van der Waals surface area contributed by atoms with Crippen LogP contribution in [0.3, 0.4) is 0 Å². The van der Waals surface area contributed by atoms with Gasteiger partial charge in [-0.15, -0.1) is 0 Å². The summed E-state index contributed by atoms with van der Waals surface area (Å²) in [7, 11) is 0. The number of nitro groups is 1. The Morgan fingerprint density at radius 2 is 2.00 bits per heavy atom. The summed E-state index contributed by atoms with van der Waals surface area (Å²) in [5, 5.41) is 14.5. The molecule has 0 unspecified atom stereocenters. The van der Waals surface area contributed by atoms with Crippen LogP contribution in [0, 0.1) is 22.9 Å². The molecule has 0 saturated carbocycles. The molecule has 0 N–H and O–H groups in total. The highest BCUT2D eigenvalue weighted by molar-refractivity contribution is 6.33. The van der Waals surface area contributed by atoms with Gasteiger partial charge in [0.05, 0.1) is 15.5 Å². The van der Waals surface area contributed by atoms with E-state index in [0.717, 1.165) is 12.1 Å². The molecule has 0 amide bonds. The smallest absolute Gasteiger partial charge is 0.340 e. The summed E-state index contributed by atoms with van der Waals surface area (Å²) in [6.07, 6.45) is 0. The lowest BCUT2D eigenvalue weighted by Crippen LogP contribution is -2.07. The molecule has 0 spiro atoms. The SMILES string of the molecule is Cc1c(COC(=O)c2ccc([N+](=O)[O-])cc2Cl)noc1-c1ccc(F)cc1. The van der Waals surface area contributed by atoms with Crippen molar-refractivity contribution < 1.29 is 23.4 Å². The van der Waals surface area contributed by atoms with Gasteiger partial charge in [-0.2, -0.15) is 0 Å². The van der Waals surface area contributed by atoms with Gasteiger partial charge in [-0.25, -0.2) is 9.18 Å². The van der Waals surface area contributed by atoms with Crippen molar-refractivity contribution >= 4 is 23.3 Å². The monoisotopic (exact) mass is 390 g/mol. The number of carbonyl (C=O) groups is 1. The molecule has 3 rings (SSSR count). The van der Waals surface area contributed by atoms with Crippen LogP contribution >= 0.6 is 11.6 Å². The Balaban J connectivity index is 1.73. The van der Waals surface area contributed by atoms with Crippen LogP contribution in [0.2, 0.25) is 5.02 Å². The summed E-state index contributed by atoms with van der Waals surface area (Å²) in [6.45, 7) is 1.56. The van der Waals surface area contributed by atoms with E-state index in [1.165, 1.54) is 18.2 Å². The van der Waals surface area contributed by atoms with Gasteiger partial charge >= 0.3 is 5.97 Å². The molecule has 0 aliphatic carbocycles. The summed E-state index contributed by atoms with van der Waals surface area (Å²) in [5.74, 6) is -0.680. The molecule has 1 heterocycles. The number of esters is 1. The normalized spacial score (nSPS) is 10.6. The Morgan fingerprint density at radius 3 is 2.63 bits per heavy atom. The maximum atomic E-state index is 13.0. The van der Waals surface area contributed by atoms with Crippen LogP contribution in [-0.4, -0.2) is 16.0 Å². The number of hydrogen-bond donors (Lipinski definition) is 0. The Bertz CT molecular complexity index is 1020. The zero-order chi connectivity index (χ0) is 19.6. The third-order valence-electron chi connectivity index (χ3n) is 3.85. The molecule has 0 bridgehead atoms. The first-order valence-corrected chi connectivity index (χ1v) is 8.06. The van der Waals surface area contributed by atoms with Crippen LogP contribution in [0.4, 0.5) is 10.1 Å². The number of nitro benzene ring substituents is 1. The number of hydrogen-bond acceptors (Lipinski definition) is 6. The van der Waals surface area contributed by atoms with Crippen molar-refractivity contribution in [3.8, 4) is 11.3 Å². The number of nitrogens with zero attached hydrogens (tertiary/aromatic N) is 2. The second-order valence-electron chi connectivity index (χ2n) is 5.59. The first kappa shape index (κ1) is 18.5. The predicted molar refractivity (Wildman–Crippen MR) is 93.9 cm³/mol. The van der Waals surface area contributed by atoms with E-state index < -0.39 is 10.9 Å². The summed E-state index contributed by atoms with van der Waals surface area (Å²) < 4.78 is 23.5. The molecule has 0 radical (unpaired) electrons. The Hall–Kier alpha value is -3.26. The third-order valence-corrected chi connectivity index (χ3v) is 4.16.